The van der Waals surface area contributed by atoms with E-state index in [1.165, 1.54) is 12.1 Å². The van der Waals surface area contributed by atoms with Gasteiger partial charge in [0.25, 0.3) is 5.91 Å². The average Bonchev–Trinajstić information content (AvgIpc) is 3.24. The Morgan fingerprint density at radius 3 is 2.96 bits per heavy atom. The molecular formula is C19H21FN4O2. The van der Waals surface area contributed by atoms with Crippen molar-refractivity contribution in [3.63, 3.8) is 0 Å². The van der Waals surface area contributed by atoms with E-state index in [2.05, 4.69) is 15.3 Å². The molecule has 0 bridgehead atoms. The molecule has 3 atom stereocenters. The number of nitrogens with one attached hydrogen (secondary N) is 1. The number of fused-ring (bicyclic) bond motifs is 1. The number of benzene rings is 1. The normalized spacial score (nSPS) is 24.3. The molecule has 7 heteroatoms. The summed E-state index contributed by atoms with van der Waals surface area (Å²) < 4.78 is 18.9. The third-order valence-electron chi connectivity index (χ3n) is 5.29. The number of carbonyl (C=O) groups is 1. The van der Waals surface area contributed by atoms with Gasteiger partial charge in [-0.05, 0) is 30.9 Å². The van der Waals surface area contributed by atoms with Crippen LogP contribution in [0.3, 0.4) is 0 Å². The fourth-order valence-electron chi connectivity index (χ4n) is 4.00. The minimum atomic E-state index is -0.452. The summed E-state index contributed by atoms with van der Waals surface area (Å²) in [7, 11) is 0. The van der Waals surface area contributed by atoms with E-state index < -0.39 is 5.82 Å². The van der Waals surface area contributed by atoms with Gasteiger partial charge >= 0.3 is 0 Å². The molecule has 4 rings (SSSR count). The average molecular weight is 356 g/mol. The lowest BCUT2D eigenvalue weighted by Crippen LogP contribution is -2.36. The van der Waals surface area contributed by atoms with E-state index in [0.29, 0.717) is 24.4 Å². The number of para-hydroxylation sites is 1. The third kappa shape index (κ3) is 3.47. The summed E-state index contributed by atoms with van der Waals surface area (Å²) in [4.78, 5) is 22.6. The highest BCUT2D eigenvalue weighted by Crippen LogP contribution is 2.39. The molecule has 2 fully saturated rings. The number of anilines is 1. The van der Waals surface area contributed by atoms with Gasteiger partial charge in [-0.3, -0.25) is 9.78 Å². The molecule has 1 saturated heterocycles. The summed E-state index contributed by atoms with van der Waals surface area (Å²) in [6.45, 7) is 1.30. The number of hydrogen-bond acceptors (Lipinski definition) is 5. The van der Waals surface area contributed by atoms with Crippen LogP contribution in [-0.2, 0) is 4.79 Å². The van der Waals surface area contributed by atoms with Gasteiger partial charge in [0.05, 0.1) is 6.20 Å². The molecule has 2 aliphatic rings. The van der Waals surface area contributed by atoms with Crippen LogP contribution in [0, 0.1) is 17.7 Å². The van der Waals surface area contributed by atoms with Crippen LogP contribution in [0.25, 0.3) is 0 Å². The summed E-state index contributed by atoms with van der Waals surface area (Å²) in [5, 5.41) is 3.44. The molecule has 1 aromatic heterocycles. The zero-order valence-electron chi connectivity index (χ0n) is 14.3. The quantitative estimate of drug-likeness (QED) is 0.891. The highest BCUT2D eigenvalue weighted by Gasteiger charge is 2.44. The SMILES string of the molecule is O=C(COc1ccccc1F)N1C[C@H]2CC[C@@H](Nc3cnccn3)[C@H]2C1. The molecule has 1 aromatic carbocycles. The van der Waals surface area contributed by atoms with Crippen LogP contribution < -0.4 is 10.1 Å². The zero-order valence-corrected chi connectivity index (χ0v) is 14.3. The van der Waals surface area contributed by atoms with Crippen LogP contribution in [0.2, 0.25) is 0 Å². The molecule has 6 nitrogen and oxygen atoms in total. The number of ether oxygens (including phenoxy) is 1. The van der Waals surface area contributed by atoms with Crippen LogP contribution >= 0.6 is 0 Å². The second-order valence-electron chi connectivity index (χ2n) is 6.86. The summed E-state index contributed by atoms with van der Waals surface area (Å²) in [6.07, 6.45) is 7.18. The maximum Gasteiger partial charge on any atom is 0.260 e. The first kappa shape index (κ1) is 16.8. The van der Waals surface area contributed by atoms with E-state index in [9.17, 15) is 9.18 Å². The Morgan fingerprint density at radius 1 is 1.27 bits per heavy atom. The van der Waals surface area contributed by atoms with Gasteiger partial charge in [0, 0.05) is 37.4 Å². The van der Waals surface area contributed by atoms with Crippen LogP contribution in [0.4, 0.5) is 10.2 Å². The lowest BCUT2D eigenvalue weighted by Gasteiger charge is -2.22. The highest BCUT2D eigenvalue weighted by molar-refractivity contribution is 5.78. The molecule has 0 radical (unpaired) electrons. The van der Waals surface area contributed by atoms with Crippen molar-refractivity contribution in [2.24, 2.45) is 11.8 Å². The van der Waals surface area contributed by atoms with Crippen molar-refractivity contribution < 1.29 is 13.9 Å². The summed E-state index contributed by atoms with van der Waals surface area (Å²) in [5.41, 5.74) is 0. The lowest BCUT2D eigenvalue weighted by atomic mass is 9.98. The minimum Gasteiger partial charge on any atom is -0.481 e. The van der Waals surface area contributed by atoms with E-state index in [1.807, 2.05) is 4.90 Å². The van der Waals surface area contributed by atoms with E-state index in [4.69, 9.17) is 4.74 Å². The molecule has 1 amide bonds. The van der Waals surface area contributed by atoms with Gasteiger partial charge in [-0.2, -0.15) is 0 Å². The molecule has 1 aliphatic heterocycles. The monoisotopic (exact) mass is 356 g/mol. The summed E-state index contributed by atoms with van der Waals surface area (Å²) in [5.74, 6) is 1.22. The lowest BCUT2D eigenvalue weighted by molar-refractivity contribution is -0.132. The topological polar surface area (TPSA) is 67.3 Å². The Labute approximate surface area is 151 Å². The van der Waals surface area contributed by atoms with E-state index >= 15 is 0 Å². The third-order valence-corrected chi connectivity index (χ3v) is 5.29. The van der Waals surface area contributed by atoms with Gasteiger partial charge < -0.3 is 15.0 Å². The molecule has 26 heavy (non-hydrogen) atoms. The van der Waals surface area contributed by atoms with E-state index in [-0.39, 0.29) is 18.3 Å². The van der Waals surface area contributed by atoms with Gasteiger partial charge in [-0.15, -0.1) is 0 Å². The Morgan fingerprint density at radius 2 is 2.15 bits per heavy atom. The van der Waals surface area contributed by atoms with Gasteiger partial charge in [0.1, 0.15) is 5.82 Å². The highest BCUT2D eigenvalue weighted by atomic mass is 19.1. The van der Waals surface area contributed by atoms with Crippen LogP contribution in [-0.4, -0.2) is 46.5 Å². The first-order valence-corrected chi connectivity index (χ1v) is 8.88. The Bertz CT molecular complexity index is 773. The Kier molecular flexibility index (Phi) is 4.69. The molecule has 0 unspecified atom stereocenters. The van der Waals surface area contributed by atoms with Crippen LogP contribution in [0.1, 0.15) is 12.8 Å². The van der Waals surface area contributed by atoms with Crippen molar-refractivity contribution in [3.05, 3.63) is 48.7 Å². The van der Waals surface area contributed by atoms with Crippen LogP contribution in [0.5, 0.6) is 5.75 Å². The van der Waals surface area contributed by atoms with E-state index in [1.54, 1.807) is 30.7 Å². The van der Waals surface area contributed by atoms with Gasteiger partial charge in [0.15, 0.2) is 18.2 Å². The fraction of sp³-hybridized carbons (Fsp3) is 0.421. The molecule has 1 N–H and O–H groups in total. The van der Waals surface area contributed by atoms with Crippen LogP contribution in [0.15, 0.2) is 42.9 Å². The maximum absolute atomic E-state index is 13.6. The van der Waals surface area contributed by atoms with Crippen molar-refractivity contribution in [3.8, 4) is 5.75 Å². The second kappa shape index (κ2) is 7.27. The summed E-state index contributed by atoms with van der Waals surface area (Å²) >= 11 is 0. The van der Waals surface area contributed by atoms with Crippen molar-refractivity contribution in [2.75, 3.05) is 25.0 Å². The first-order chi connectivity index (χ1) is 12.7. The number of nitrogens with zero attached hydrogens (tertiary/aromatic N) is 3. The van der Waals surface area contributed by atoms with Crippen molar-refractivity contribution >= 4 is 11.7 Å². The standard InChI is InChI=1S/C19H21FN4O2/c20-15-3-1-2-4-17(15)26-12-19(25)24-10-13-5-6-16(14(13)11-24)23-18-9-21-7-8-22-18/h1-4,7-9,13-14,16H,5-6,10-12H2,(H,22,23)/t13-,14+,16-/m1/s1. The molecular weight excluding hydrogens is 335 g/mol. The number of likely N-dealkylation sites (tertiary alicyclic amines) is 1. The number of amides is 1. The number of hydrogen-bond donors (Lipinski definition) is 1. The number of aromatic nitrogens is 2. The molecule has 0 spiro atoms. The molecule has 2 heterocycles. The van der Waals surface area contributed by atoms with Crippen molar-refractivity contribution in [1.82, 2.24) is 14.9 Å². The molecule has 1 aliphatic carbocycles. The summed E-state index contributed by atoms with van der Waals surface area (Å²) in [6, 6.07) is 6.43. The number of rotatable bonds is 5. The van der Waals surface area contributed by atoms with Crippen molar-refractivity contribution in [2.45, 2.75) is 18.9 Å². The Balaban J connectivity index is 1.33. The van der Waals surface area contributed by atoms with Gasteiger partial charge in [-0.25, -0.2) is 9.37 Å². The van der Waals surface area contributed by atoms with E-state index in [0.717, 1.165) is 25.2 Å². The number of carbonyl (C=O) groups excluding carboxylic acids is 1. The molecule has 1 saturated carbocycles. The number of halogens is 1. The molecule has 2 aromatic rings. The maximum atomic E-state index is 13.6. The largest absolute Gasteiger partial charge is 0.481 e. The van der Waals surface area contributed by atoms with Gasteiger partial charge in [0.2, 0.25) is 0 Å². The predicted molar refractivity (Wildman–Crippen MR) is 94.1 cm³/mol. The Hall–Kier alpha value is -2.70. The van der Waals surface area contributed by atoms with Crippen molar-refractivity contribution in [1.29, 1.82) is 0 Å². The zero-order chi connectivity index (χ0) is 17.9. The first-order valence-electron chi connectivity index (χ1n) is 8.88. The minimum absolute atomic E-state index is 0.0964. The fourth-order valence-corrected chi connectivity index (χ4v) is 4.00. The predicted octanol–water partition coefficient (Wildman–Crippen LogP) is 2.34. The molecule has 136 valence electrons. The van der Waals surface area contributed by atoms with Gasteiger partial charge in [-0.1, -0.05) is 12.1 Å². The smallest absolute Gasteiger partial charge is 0.260 e. The second-order valence-corrected chi connectivity index (χ2v) is 6.86.